The Balaban J connectivity index is 3.08. The average Bonchev–Trinajstić information content (AvgIpc) is 2.26. The number of hydrogen-bond acceptors (Lipinski definition) is 2. The molecule has 0 bridgehead atoms. The molecular formula is C14H23FN2. The third kappa shape index (κ3) is 3.70. The highest BCUT2D eigenvalue weighted by Gasteiger charge is 2.14. The maximum atomic E-state index is 14.0. The van der Waals surface area contributed by atoms with Gasteiger partial charge in [-0.05, 0) is 38.3 Å². The van der Waals surface area contributed by atoms with Crippen LogP contribution >= 0.6 is 0 Å². The molecule has 1 atom stereocenters. The van der Waals surface area contributed by atoms with E-state index in [1.54, 1.807) is 6.07 Å². The molecule has 0 aliphatic heterocycles. The lowest BCUT2D eigenvalue weighted by Crippen LogP contribution is -2.27. The van der Waals surface area contributed by atoms with E-state index >= 15 is 0 Å². The van der Waals surface area contributed by atoms with Crippen molar-refractivity contribution in [2.24, 2.45) is 5.73 Å². The predicted octanol–water partition coefficient (Wildman–Crippen LogP) is 2.95. The molecule has 2 nitrogen and oxygen atoms in total. The molecule has 0 radical (unpaired) electrons. The molecule has 2 N–H and O–H groups in total. The van der Waals surface area contributed by atoms with Gasteiger partial charge in [0.15, 0.2) is 0 Å². The van der Waals surface area contributed by atoms with Crippen molar-refractivity contribution in [2.75, 3.05) is 18.0 Å². The van der Waals surface area contributed by atoms with Crippen LogP contribution in [0.3, 0.4) is 0 Å². The smallest absolute Gasteiger partial charge is 0.146 e. The van der Waals surface area contributed by atoms with Crippen LogP contribution in [0.4, 0.5) is 10.1 Å². The fourth-order valence-corrected chi connectivity index (χ4v) is 2.12. The molecular weight excluding hydrogens is 215 g/mol. The highest BCUT2D eigenvalue weighted by atomic mass is 19.1. The number of nitrogens with two attached hydrogens (primary N) is 1. The zero-order chi connectivity index (χ0) is 12.8. The van der Waals surface area contributed by atoms with E-state index in [1.807, 2.05) is 13.0 Å². The molecule has 0 amide bonds. The van der Waals surface area contributed by atoms with Crippen molar-refractivity contribution in [1.29, 1.82) is 0 Å². The maximum absolute atomic E-state index is 14.0. The summed E-state index contributed by atoms with van der Waals surface area (Å²) in [6.07, 6.45) is 1.73. The average molecular weight is 238 g/mol. The predicted molar refractivity (Wildman–Crippen MR) is 71.9 cm³/mol. The summed E-state index contributed by atoms with van der Waals surface area (Å²) in [7, 11) is 0. The summed E-state index contributed by atoms with van der Waals surface area (Å²) in [5.41, 5.74) is 7.56. The molecule has 0 aromatic heterocycles. The molecule has 1 rings (SSSR count). The largest absolute Gasteiger partial charge is 0.369 e. The summed E-state index contributed by atoms with van der Waals surface area (Å²) in [4.78, 5) is 2.09. The van der Waals surface area contributed by atoms with Gasteiger partial charge in [0, 0.05) is 19.1 Å². The second-order valence-electron chi connectivity index (χ2n) is 4.51. The summed E-state index contributed by atoms with van der Waals surface area (Å²) in [6.45, 7) is 7.81. The highest BCUT2D eigenvalue weighted by Crippen LogP contribution is 2.25. The van der Waals surface area contributed by atoms with Gasteiger partial charge in [-0.25, -0.2) is 4.39 Å². The summed E-state index contributed by atoms with van der Waals surface area (Å²) in [5.74, 6) is -0.140. The Morgan fingerprint density at radius 3 is 2.59 bits per heavy atom. The summed E-state index contributed by atoms with van der Waals surface area (Å²) >= 11 is 0. The Morgan fingerprint density at radius 2 is 2.06 bits per heavy atom. The van der Waals surface area contributed by atoms with Gasteiger partial charge >= 0.3 is 0 Å². The van der Waals surface area contributed by atoms with Crippen molar-refractivity contribution in [1.82, 2.24) is 0 Å². The summed E-state index contributed by atoms with van der Waals surface area (Å²) in [6, 6.07) is 5.31. The zero-order valence-corrected chi connectivity index (χ0v) is 11.0. The number of halogens is 1. The minimum atomic E-state index is -0.140. The van der Waals surface area contributed by atoms with Crippen molar-refractivity contribution >= 4 is 5.69 Å². The quantitative estimate of drug-likeness (QED) is 0.825. The standard InChI is InChI=1S/C14H23FN2/c1-4-9-17(5-2)14-12(10-11(3)16)7-6-8-13(14)15/h6-8,11H,4-5,9-10,16H2,1-3H3. The molecule has 0 spiro atoms. The maximum Gasteiger partial charge on any atom is 0.146 e. The molecule has 1 aromatic rings. The number of benzene rings is 1. The van der Waals surface area contributed by atoms with Crippen molar-refractivity contribution in [3.63, 3.8) is 0 Å². The van der Waals surface area contributed by atoms with Gasteiger partial charge in [-0.2, -0.15) is 0 Å². The molecule has 3 heteroatoms. The van der Waals surface area contributed by atoms with Crippen LogP contribution in [0, 0.1) is 5.82 Å². The molecule has 0 heterocycles. The Kier molecular flexibility index (Phi) is 5.42. The van der Waals surface area contributed by atoms with Gasteiger partial charge in [-0.1, -0.05) is 19.1 Å². The first-order valence-corrected chi connectivity index (χ1v) is 6.38. The minimum absolute atomic E-state index is 0.0517. The van der Waals surface area contributed by atoms with Gasteiger partial charge in [0.2, 0.25) is 0 Å². The fraction of sp³-hybridized carbons (Fsp3) is 0.571. The molecule has 96 valence electrons. The van der Waals surface area contributed by atoms with E-state index in [4.69, 9.17) is 5.73 Å². The van der Waals surface area contributed by atoms with Crippen molar-refractivity contribution < 1.29 is 4.39 Å². The first-order valence-electron chi connectivity index (χ1n) is 6.38. The molecule has 0 saturated heterocycles. The second kappa shape index (κ2) is 6.60. The van der Waals surface area contributed by atoms with Crippen molar-refractivity contribution in [2.45, 2.75) is 39.7 Å². The molecule has 0 fully saturated rings. The van der Waals surface area contributed by atoms with Crippen LogP contribution in [-0.2, 0) is 6.42 Å². The van der Waals surface area contributed by atoms with E-state index in [2.05, 4.69) is 18.7 Å². The molecule has 0 aliphatic carbocycles. The Hall–Kier alpha value is -1.09. The Morgan fingerprint density at radius 1 is 1.35 bits per heavy atom. The van der Waals surface area contributed by atoms with Crippen LogP contribution in [0.2, 0.25) is 0 Å². The van der Waals surface area contributed by atoms with Crippen LogP contribution in [0.15, 0.2) is 18.2 Å². The first-order chi connectivity index (χ1) is 8.10. The zero-order valence-electron chi connectivity index (χ0n) is 11.0. The Bertz CT molecular complexity index is 350. The number of rotatable bonds is 6. The van der Waals surface area contributed by atoms with E-state index < -0.39 is 0 Å². The lowest BCUT2D eigenvalue weighted by Gasteiger charge is -2.26. The third-order valence-corrected chi connectivity index (χ3v) is 2.80. The number of nitrogens with zero attached hydrogens (tertiary/aromatic N) is 1. The van der Waals surface area contributed by atoms with E-state index in [0.717, 1.165) is 30.8 Å². The van der Waals surface area contributed by atoms with Gasteiger partial charge in [0.05, 0.1) is 5.69 Å². The molecule has 1 unspecified atom stereocenters. The van der Waals surface area contributed by atoms with Gasteiger partial charge < -0.3 is 10.6 Å². The fourth-order valence-electron chi connectivity index (χ4n) is 2.12. The van der Waals surface area contributed by atoms with Crippen molar-refractivity contribution in [3.8, 4) is 0 Å². The number of anilines is 1. The minimum Gasteiger partial charge on any atom is -0.369 e. The van der Waals surface area contributed by atoms with E-state index in [0.29, 0.717) is 6.42 Å². The number of hydrogen-bond donors (Lipinski definition) is 1. The van der Waals surface area contributed by atoms with Crippen LogP contribution in [0.1, 0.15) is 32.8 Å². The van der Waals surface area contributed by atoms with Crippen molar-refractivity contribution in [3.05, 3.63) is 29.6 Å². The van der Waals surface area contributed by atoms with Gasteiger partial charge in [0.25, 0.3) is 0 Å². The SMILES string of the molecule is CCCN(CC)c1c(F)cccc1CC(C)N. The van der Waals surface area contributed by atoms with E-state index in [9.17, 15) is 4.39 Å². The Labute approximate surface area is 104 Å². The lowest BCUT2D eigenvalue weighted by molar-refractivity contribution is 0.611. The molecule has 17 heavy (non-hydrogen) atoms. The third-order valence-electron chi connectivity index (χ3n) is 2.80. The molecule has 0 aliphatic rings. The number of para-hydroxylation sites is 1. The monoisotopic (exact) mass is 238 g/mol. The van der Waals surface area contributed by atoms with Crippen LogP contribution in [-0.4, -0.2) is 19.1 Å². The highest BCUT2D eigenvalue weighted by molar-refractivity contribution is 5.55. The van der Waals surface area contributed by atoms with E-state index in [-0.39, 0.29) is 11.9 Å². The summed E-state index contributed by atoms with van der Waals surface area (Å²) in [5, 5.41) is 0. The van der Waals surface area contributed by atoms with Crippen LogP contribution < -0.4 is 10.6 Å². The molecule has 0 saturated carbocycles. The normalized spacial score (nSPS) is 12.5. The van der Waals surface area contributed by atoms with Crippen LogP contribution in [0.25, 0.3) is 0 Å². The van der Waals surface area contributed by atoms with Gasteiger partial charge in [-0.15, -0.1) is 0 Å². The van der Waals surface area contributed by atoms with E-state index in [1.165, 1.54) is 6.07 Å². The first kappa shape index (κ1) is 14.0. The molecule has 1 aromatic carbocycles. The summed E-state index contributed by atoms with van der Waals surface area (Å²) < 4.78 is 14.0. The van der Waals surface area contributed by atoms with Gasteiger partial charge in [0.1, 0.15) is 5.82 Å². The second-order valence-corrected chi connectivity index (χ2v) is 4.51. The van der Waals surface area contributed by atoms with Gasteiger partial charge in [-0.3, -0.25) is 0 Å². The van der Waals surface area contributed by atoms with Crippen LogP contribution in [0.5, 0.6) is 0 Å². The lowest BCUT2D eigenvalue weighted by atomic mass is 10.0. The topological polar surface area (TPSA) is 29.3 Å².